The summed E-state index contributed by atoms with van der Waals surface area (Å²) >= 11 is 0. The Balaban J connectivity index is 1.78. The Morgan fingerprint density at radius 3 is 1.98 bits per heavy atom. The molecule has 1 unspecified atom stereocenters. The molecule has 2 saturated heterocycles. The van der Waals surface area contributed by atoms with E-state index < -0.39 is 109 Å². The highest BCUT2D eigenvalue weighted by Gasteiger charge is 2.53. The molecule has 2 aliphatic heterocycles. The van der Waals surface area contributed by atoms with Gasteiger partial charge in [0.25, 0.3) is 5.91 Å². The van der Waals surface area contributed by atoms with Crippen molar-refractivity contribution in [2.75, 3.05) is 19.8 Å². The van der Waals surface area contributed by atoms with E-state index in [9.17, 15) is 38.4 Å². The van der Waals surface area contributed by atoms with Gasteiger partial charge in [-0.2, -0.15) is 0 Å². The highest BCUT2D eigenvalue weighted by Crippen LogP contribution is 2.31. The normalized spacial score (nSPS) is 22.8. The molecule has 7 atom stereocenters. The van der Waals surface area contributed by atoms with Crippen LogP contribution in [0.3, 0.4) is 0 Å². The summed E-state index contributed by atoms with van der Waals surface area (Å²) in [5.74, 6) is -4.96. The SMILES string of the molecule is CC(=O)OC[C@H]1O[C@@H](OCCCN2C(=O)N(C(C)(C)C)C(=O)C2CC(=O)N[C@@H](CC(C)C)C(=O)OCc2ccccc2)[C@H](OC(C)=O)[C@@H](OC(C)=O)[C@@H]1OC(C)=O. The number of carbonyl (C=O) groups is 8. The van der Waals surface area contributed by atoms with Gasteiger partial charge in [-0.25, -0.2) is 9.59 Å². The van der Waals surface area contributed by atoms with Crippen molar-refractivity contribution >= 4 is 47.7 Å². The maximum atomic E-state index is 13.7. The summed E-state index contributed by atoms with van der Waals surface area (Å²) in [5.41, 5.74) is -0.171. The summed E-state index contributed by atoms with van der Waals surface area (Å²) in [4.78, 5) is 104. The van der Waals surface area contributed by atoms with Crippen LogP contribution in [0.4, 0.5) is 4.79 Å². The minimum Gasteiger partial charge on any atom is -0.463 e. The number of nitrogens with one attached hydrogen (secondary N) is 1. The van der Waals surface area contributed by atoms with Crippen molar-refractivity contribution in [3.8, 4) is 0 Å². The molecule has 1 aromatic carbocycles. The molecule has 18 nitrogen and oxygen atoms in total. The standard InChI is InChI=1S/C39H55N3O15/c1-22(2)18-28(36(49)53-20-27-14-11-10-12-15-27)40-31(47)19-29-35(48)42(39(7,8)9)38(50)41(29)16-13-17-51-37-34(56-26(6)46)33(55-25(5)45)32(54-24(4)44)30(57-37)21-52-23(3)43/h10-12,14-15,22,28-30,32-34,37H,13,16-21H2,1-9H3,(H,40,47)/t28-,29?,30+,32+,33-,34+,37+/m0/s1. The van der Waals surface area contributed by atoms with Crippen molar-refractivity contribution in [2.45, 2.75) is 137 Å². The molecule has 18 heteroatoms. The number of urea groups is 1. The lowest BCUT2D eigenvalue weighted by Crippen LogP contribution is -2.63. The van der Waals surface area contributed by atoms with Crippen molar-refractivity contribution in [3.05, 3.63) is 35.9 Å². The van der Waals surface area contributed by atoms with Crippen molar-refractivity contribution in [3.63, 3.8) is 0 Å². The maximum Gasteiger partial charge on any atom is 0.328 e. The lowest BCUT2D eigenvalue weighted by atomic mass is 9.98. The minimum atomic E-state index is -1.45. The van der Waals surface area contributed by atoms with Crippen LogP contribution in [0.25, 0.3) is 0 Å². The number of benzene rings is 1. The van der Waals surface area contributed by atoms with E-state index in [0.717, 1.165) is 38.2 Å². The van der Waals surface area contributed by atoms with Gasteiger partial charge < -0.3 is 43.4 Å². The number of imide groups is 1. The van der Waals surface area contributed by atoms with Gasteiger partial charge in [0.2, 0.25) is 5.91 Å². The third kappa shape index (κ3) is 13.8. The maximum absolute atomic E-state index is 13.7. The summed E-state index contributed by atoms with van der Waals surface area (Å²) in [5, 5.41) is 2.70. The molecule has 4 amide bonds. The number of esters is 5. The molecule has 1 aromatic rings. The quantitative estimate of drug-likeness (QED) is 0.0976. The molecule has 2 heterocycles. The Labute approximate surface area is 332 Å². The molecular formula is C39H55N3O15. The Morgan fingerprint density at radius 2 is 1.42 bits per heavy atom. The Bertz CT molecular complexity index is 1610. The first-order valence-electron chi connectivity index (χ1n) is 18.8. The van der Waals surface area contributed by atoms with Gasteiger partial charge in [0.05, 0.1) is 13.0 Å². The number of hydrogen-bond donors (Lipinski definition) is 1. The molecule has 57 heavy (non-hydrogen) atoms. The molecule has 2 aliphatic rings. The fourth-order valence-electron chi connectivity index (χ4n) is 6.41. The van der Waals surface area contributed by atoms with Gasteiger partial charge in [-0.3, -0.25) is 33.7 Å². The van der Waals surface area contributed by atoms with E-state index in [2.05, 4.69) is 5.32 Å². The predicted octanol–water partition coefficient (Wildman–Crippen LogP) is 2.57. The average Bonchev–Trinajstić information content (AvgIpc) is 3.33. The lowest BCUT2D eigenvalue weighted by Gasteiger charge is -2.44. The lowest BCUT2D eigenvalue weighted by molar-refractivity contribution is -0.308. The molecule has 3 rings (SSSR count). The van der Waals surface area contributed by atoms with Crippen molar-refractivity contribution < 1.29 is 71.5 Å². The van der Waals surface area contributed by atoms with Gasteiger partial charge >= 0.3 is 35.9 Å². The van der Waals surface area contributed by atoms with Crippen molar-refractivity contribution in [1.82, 2.24) is 15.1 Å². The number of ether oxygens (including phenoxy) is 7. The van der Waals surface area contributed by atoms with Crippen LogP contribution in [0.2, 0.25) is 0 Å². The Kier molecular flexibility index (Phi) is 17.0. The average molecular weight is 806 g/mol. The van der Waals surface area contributed by atoms with Crippen LogP contribution in [0.15, 0.2) is 30.3 Å². The van der Waals surface area contributed by atoms with E-state index in [-0.39, 0.29) is 38.5 Å². The van der Waals surface area contributed by atoms with Crippen LogP contribution in [-0.4, -0.2) is 126 Å². The van der Waals surface area contributed by atoms with Gasteiger partial charge in [0.1, 0.15) is 31.4 Å². The van der Waals surface area contributed by atoms with E-state index in [1.807, 2.05) is 32.0 Å². The smallest absolute Gasteiger partial charge is 0.328 e. The summed E-state index contributed by atoms with van der Waals surface area (Å²) in [6.45, 7) is 12.5. The Morgan fingerprint density at radius 1 is 0.825 bits per heavy atom. The van der Waals surface area contributed by atoms with Gasteiger partial charge in [0, 0.05) is 39.8 Å². The van der Waals surface area contributed by atoms with E-state index >= 15 is 0 Å². The molecule has 0 spiro atoms. The third-order valence-electron chi connectivity index (χ3n) is 8.69. The van der Waals surface area contributed by atoms with E-state index in [0.29, 0.717) is 0 Å². The van der Waals surface area contributed by atoms with Gasteiger partial charge in [0.15, 0.2) is 24.6 Å². The number of amides is 4. The first-order chi connectivity index (χ1) is 26.7. The van der Waals surface area contributed by atoms with Crippen molar-refractivity contribution in [1.29, 1.82) is 0 Å². The summed E-state index contributed by atoms with van der Waals surface area (Å²) in [6.07, 6.45) is -7.06. The molecule has 0 aliphatic carbocycles. The molecule has 0 saturated carbocycles. The fraction of sp³-hybridized carbons (Fsp3) is 0.641. The molecule has 316 valence electrons. The first-order valence-corrected chi connectivity index (χ1v) is 18.8. The topological polar surface area (TPSA) is 220 Å². The van der Waals surface area contributed by atoms with Crippen LogP contribution in [0, 0.1) is 5.92 Å². The van der Waals surface area contributed by atoms with Crippen LogP contribution in [0.5, 0.6) is 0 Å². The highest BCUT2D eigenvalue weighted by molar-refractivity contribution is 6.06. The number of nitrogens with zero attached hydrogens (tertiary/aromatic N) is 2. The zero-order chi connectivity index (χ0) is 42.6. The molecule has 0 bridgehead atoms. The zero-order valence-corrected chi connectivity index (χ0v) is 34.0. The van der Waals surface area contributed by atoms with Crippen molar-refractivity contribution in [2.24, 2.45) is 5.92 Å². The summed E-state index contributed by atoms with van der Waals surface area (Å²) in [7, 11) is 0. The van der Waals surface area contributed by atoms with E-state index in [1.54, 1.807) is 32.9 Å². The second kappa shape index (κ2) is 20.9. The largest absolute Gasteiger partial charge is 0.463 e. The highest BCUT2D eigenvalue weighted by atomic mass is 16.7. The van der Waals surface area contributed by atoms with Gasteiger partial charge in [-0.05, 0) is 45.1 Å². The molecule has 1 N–H and O–H groups in total. The predicted molar refractivity (Wildman–Crippen MR) is 197 cm³/mol. The van der Waals surface area contributed by atoms with Crippen LogP contribution >= 0.6 is 0 Å². The zero-order valence-electron chi connectivity index (χ0n) is 34.0. The number of hydrogen-bond acceptors (Lipinski definition) is 15. The second-order valence-electron chi connectivity index (χ2n) is 15.2. The Hall–Kier alpha value is -5.10. The second-order valence-corrected chi connectivity index (χ2v) is 15.2. The summed E-state index contributed by atoms with van der Waals surface area (Å²) in [6, 6.07) is 6.20. The summed E-state index contributed by atoms with van der Waals surface area (Å²) < 4.78 is 38.8. The van der Waals surface area contributed by atoms with Crippen LogP contribution < -0.4 is 5.32 Å². The molecule has 0 radical (unpaired) electrons. The minimum absolute atomic E-state index is 0.00419. The molecule has 2 fully saturated rings. The van der Waals surface area contributed by atoms with E-state index in [4.69, 9.17) is 33.2 Å². The van der Waals surface area contributed by atoms with Gasteiger partial charge in [-0.15, -0.1) is 0 Å². The number of carbonyl (C=O) groups excluding carboxylic acids is 8. The monoisotopic (exact) mass is 805 g/mol. The molecule has 0 aromatic heterocycles. The third-order valence-corrected chi connectivity index (χ3v) is 8.69. The molecular weight excluding hydrogens is 750 g/mol. The fourth-order valence-corrected chi connectivity index (χ4v) is 6.41. The number of rotatable bonds is 18. The van der Waals surface area contributed by atoms with Gasteiger partial charge in [-0.1, -0.05) is 44.2 Å². The van der Waals surface area contributed by atoms with Crippen LogP contribution in [0.1, 0.15) is 87.1 Å². The first kappa shape index (κ1) is 46.3. The van der Waals surface area contributed by atoms with E-state index in [1.165, 1.54) is 4.90 Å². The van der Waals surface area contributed by atoms with Crippen LogP contribution in [-0.2, 0) is 73.3 Å².